The Hall–Kier alpha value is -2.78. The third kappa shape index (κ3) is 4.61. The van der Waals surface area contributed by atoms with Crippen molar-refractivity contribution in [1.82, 2.24) is 5.32 Å². The molecule has 0 bridgehead atoms. The summed E-state index contributed by atoms with van der Waals surface area (Å²) in [6.45, 7) is 0.284. The molecule has 2 rings (SSSR count). The minimum atomic E-state index is -0.507. The van der Waals surface area contributed by atoms with E-state index in [0.717, 1.165) is 15.8 Å². The van der Waals surface area contributed by atoms with Gasteiger partial charge in [-0.05, 0) is 42.0 Å². The highest BCUT2D eigenvalue weighted by molar-refractivity contribution is 9.10. The number of aromatic hydroxyl groups is 1. The van der Waals surface area contributed by atoms with Crippen molar-refractivity contribution in [3.05, 3.63) is 63.6 Å². The van der Waals surface area contributed by atoms with Crippen molar-refractivity contribution in [2.75, 3.05) is 7.11 Å². The number of ether oxygens (including phenoxy) is 1. The first-order valence-electron chi connectivity index (χ1n) is 7.05. The first kappa shape index (κ1) is 17.6. The fourth-order valence-electron chi connectivity index (χ4n) is 1.97. The van der Waals surface area contributed by atoms with Crippen LogP contribution in [-0.4, -0.2) is 18.1 Å². The van der Waals surface area contributed by atoms with Crippen LogP contribution < -0.4 is 10.1 Å². The van der Waals surface area contributed by atoms with Crippen molar-refractivity contribution in [3.8, 4) is 17.6 Å². The number of carbonyl (C=O) groups excluding carboxylic acids is 1. The summed E-state index contributed by atoms with van der Waals surface area (Å²) < 4.78 is 5.81. The van der Waals surface area contributed by atoms with Gasteiger partial charge in [-0.15, -0.1) is 0 Å². The minimum Gasteiger partial charge on any atom is -0.507 e. The summed E-state index contributed by atoms with van der Waals surface area (Å²) in [6.07, 6.45) is 1.35. The number of methoxy groups -OCH3 is 1. The number of carbonyl (C=O) groups is 1. The van der Waals surface area contributed by atoms with Gasteiger partial charge < -0.3 is 15.2 Å². The summed E-state index contributed by atoms with van der Waals surface area (Å²) in [5, 5.41) is 21.7. The number of hydrogen-bond acceptors (Lipinski definition) is 4. The maximum absolute atomic E-state index is 12.2. The van der Waals surface area contributed by atoms with E-state index in [-0.39, 0.29) is 17.9 Å². The van der Waals surface area contributed by atoms with Gasteiger partial charge in [0.05, 0.1) is 7.11 Å². The fraction of sp³-hybridized carbons (Fsp3) is 0.111. The van der Waals surface area contributed by atoms with Crippen LogP contribution in [0.5, 0.6) is 11.5 Å². The van der Waals surface area contributed by atoms with Crippen LogP contribution in [0.2, 0.25) is 0 Å². The van der Waals surface area contributed by atoms with Crippen LogP contribution in [0, 0.1) is 11.3 Å². The van der Waals surface area contributed by atoms with E-state index in [1.54, 1.807) is 31.4 Å². The number of halogens is 1. The standard InChI is InChI=1S/C18H15BrN2O3/c1-24-16-5-2-12(3-6-16)11-21-18(23)14(10-20)8-13-9-15(19)4-7-17(13)22/h2-9,22H,11H2,1H3,(H,21,23)/b14-8+. The normalized spacial score (nSPS) is 10.8. The third-order valence-corrected chi connectivity index (χ3v) is 3.76. The van der Waals surface area contributed by atoms with Gasteiger partial charge in [-0.25, -0.2) is 0 Å². The maximum atomic E-state index is 12.2. The highest BCUT2D eigenvalue weighted by Crippen LogP contribution is 2.24. The number of nitriles is 1. The van der Waals surface area contributed by atoms with Gasteiger partial charge in [-0.2, -0.15) is 5.26 Å². The molecule has 0 spiro atoms. The Morgan fingerprint density at radius 3 is 2.67 bits per heavy atom. The van der Waals surface area contributed by atoms with Gasteiger partial charge in [0, 0.05) is 16.6 Å². The summed E-state index contributed by atoms with van der Waals surface area (Å²) in [6, 6.07) is 13.9. The van der Waals surface area contributed by atoms with Crippen molar-refractivity contribution in [1.29, 1.82) is 5.26 Å². The second kappa shape index (κ2) is 8.18. The first-order chi connectivity index (χ1) is 11.5. The van der Waals surface area contributed by atoms with Crippen LogP contribution in [0.15, 0.2) is 52.5 Å². The molecule has 0 aliphatic carbocycles. The average molecular weight is 387 g/mol. The molecule has 24 heavy (non-hydrogen) atoms. The number of nitrogens with zero attached hydrogens (tertiary/aromatic N) is 1. The molecule has 0 fully saturated rings. The zero-order valence-corrected chi connectivity index (χ0v) is 14.5. The molecule has 0 atom stereocenters. The van der Waals surface area contributed by atoms with Gasteiger partial charge in [-0.1, -0.05) is 28.1 Å². The van der Waals surface area contributed by atoms with Gasteiger partial charge in [0.15, 0.2) is 0 Å². The molecule has 0 aliphatic rings. The molecule has 0 aromatic heterocycles. The molecule has 0 aliphatic heterocycles. The lowest BCUT2D eigenvalue weighted by Crippen LogP contribution is -2.23. The second-order valence-corrected chi connectivity index (χ2v) is 5.82. The summed E-state index contributed by atoms with van der Waals surface area (Å²) in [5.41, 5.74) is 1.18. The van der Waals surface area contributed by atoms with E-state index in [1.165, 1.54) is 12.1 Å². The average Bonchev–Trinajstić information content (AvgIpc) is 2.60. The smallest absolute Gasteiger partial charge is 0.262 e. The molecule has 122 valence electrons. The van der Waals surface area contributed by atoms with Gasteiger partial charge in [-0.3, -0.25) is 4.79 Å². The molecular weight excluding hydrogens is 372 g/mol. The highest BCUT2D eigenvalue weighted by Gasteiger charge is 2.10. The molecule has 0 radical (unpaired) electrons. The number of amides is 1. The number of rotatable bonds is 5. The summed E-state index contributed by atoms with van der Waals surface area (Å²) >= 11 is 3.28. The predicted octanol–water partition coefficient (Wildman–Crippen LogP) is 3.39. The topological polar surface area (TPSA) is 82.3 Å². The Labute approximate surface area is 148 Å². The number of phenolic OH excluding ortho intramolecular Hbond substituents is 1. The highest BCUT2D eigenvalue weighted by atomic mass is 79.9. The zero-order valence-electron chi connectivity index (χ0n) is 12.9. The molecule has 0 unspecified atom stereocenters. The van der Waals surface area contributed by atoms with E-state index < -0.39 is 5.91 Å². The van der Waals surface area contributed by atoms with Gasteiger partial charge in [0.25, 0.3) is 5.91 Å². The van der Waals surface area contributed by atoms with Crippen molar-refractivity contribution in [3.63, 3.8) is 0 Å². The predicted molar refractivity (Wildman–Crippen MR) is 94.2 cm³/mol. The molecule has 0 heterocycles. The van der Waals surface area contributed by atoms with E-state index in [0.29, 0.717) is 5.56 Å². The molecule has 0 saturated heterocycles. The van der Waals surface area contributed by atoms with Crippen molar-refractivity contribution >= 4 is 27.9 Å². The summed E-state index contributed by atoms with van der Waals surface area (Å²) in [7, 11) is 1.58. The molecule has 5 nitrogen and oxygen atoms in total. The SMILES string of the molecule is COc1ccc(CNC(=O)/C(C#N)=C/c2cc(Br)ccc2O)cc1. The Balaban J connectivity index is 2.09. The number of nitrogens with one attached hydrogen (secondary N) is 1. The van der Waals surface area contributed by atoms with Crippen molar-refractivity contribution in [2.24, 2.45) is 0 Å². The molecule has 6 heteroatoms. The summed E-state index contributed by atoms with van der Waals surface area (Å²) in [5.74, 6) is 0.217. The minimum absolute atomic E-state index is 0.00564. The molecule has 2 N–H and O–H groups in total. The molecule has 0 saturated carbocycles. The molecule has 2 aromatic carbocycles. The van der Waals surface area contributed by atoms with Crippen LogP contribution in [0.4, 0.5) is 0 Å². The Morgan fingerprint density at radius 2 is 2.04 bits per heavy atom. The van der Waals surface area contributed by atoms with Crippen molar-refractivity contribution in [2.45, 2.75) is 6.54 Å². The van der Waals surface area contributed by atoms with Gasteiger partial charge >= 0.3 is 0 Å². The summed E-state index contributed by atoms with van der Waals surface area (Å²) in [4.78, 5) is 12.2. The van der Waals surface area contributed by atoms with E-state index in [9.17, 15) is 15.2 Å². The Bertz CT molecular complexity index is 808. The number of benzene rings is 2. The molecule has 2 aromatic rings. The monoisotopic (exact) mass is 386 g/mol. The number of phenols is 1. The lowest BCUT2D eigenvalue weighted by atomic mass is 10.1. The lowest BCUT2D eigenvalue weighted by Gasteiger charge is -2.06. The van der Waals surface area contributed by atoms with Gasteiger partial charge in [0.1, 0.15) is 23.1 Å². The van der Waals surface area contributed by atoms with E-state index in [2.05, 4.69) is 21.2 Å². The lowest BCUT2D eigenvalue weighted by molar-refractivity contribution is -0.117. The fourth-order valence-corrected chi connectivity index (χ4v) is 2.34. The Kier molecular flexibility index (Phi) is 5.99. The van der Waals surface area contributed by atoms with Crippen LogP contribution in [0.3, 0.4) is 0 Å². The van der Waals surface area contributed by atoms with Crippen LogP contribution in [0.25, 0.3) is 6.08 Å². The van der Waals surface area contributed by atoms with Crippen LogP contribution in [-0.2, 0) is 11.3 Å². The van der Waals surface area contributed by atoms with E-state index in [1.807, 2.05) is 18.2 Å². The van der Waals surface area contributed by atoms with Gasteiger partial charge in [0.2, 0.25) is 0 Å². The quantitative estimate of drug-likeness (QED) is 0.609. The second-order valence-electron chi connectivity index (χ2n) is 4.90. The van der Waals surface area contributed by atoms with E-state index in [4.69, 9.17) is 4.74 Å². The van der Waals surface area contributed by atoms with E-state index >= 15 is 0 Å². The largest absolute Gasteiger partial charge is 0.507 e. The molecule has 1 amide bonds. The van der Waals surface area contributed by atoms with Crippen LogP contribution in [0.1, 0.15) is 11.1 Å². The molecular formula is C18H15BrN2O3. The number of hydrogen-bond donors (Lipinski definition) is 2. The van der Waals surface area contributed by atoms with Crippen molar-refractivity contribution < 1.29 is 14.6 Å². The van der Waals surface area contributed by atoms with Crippen LogP contribution >= 0.6 is 15.9 Å². The first-order valence-corrected chi connectivity index (χ1v) is 7.84. The maximum Gasteiger partial charge on any atom is 0.262 e. The Morgan fingerprint density at radius 1 is 1.33 bits per heavy atom. The third-order valence-electron chi connectivity index (χ3n) is 3.27. The zero-order chi connectivity index (χ0) is 17.5.